The molecule has 0 radical (unpaired) electrons. The number of nitro groups is 1. The van der Waals surface area contributed by atoms with Gasteiger partial charge in [-0.3, -0.25) is 24.6 Å². The Morgan fingerprint density at radius 1 is 1.08 bits per heavy atom. The zero-order valence-electron chi connectivity index (χ0n) is 19.9. The molecule has 13 heteroatoms. The molecule has 0 aliphatic carbocycles. The van der Waals surface area contributed by atoms with Gasteiger partial charge >= 0.3 is 10.1 Å². The van der Waals surface area contributed by atoms with Gasteiger partial charge in [0.05, 0.1) is 23.5 Å². The number of thioether (sulfide) groups is 1. The van der Waals surface area contributed by atoms with Gasteiger partial charge in [-0.1, -0.05) is 41.9 Å². The number of nitrogens with zero attached hydrogens (tertiary/aromatic N) is 2. The van der Waals surface area contributed by atoms with Crippen molar-refractivity contribution < 1.29 is 31.9 Å². The number of carbonyl (C=O) groups excluding carboxylic acids is 2. The monoisotopic (exact) mass is 574 g/mol. The van der Waals surface area contributed by atoms with Crippen molar-refractivity contribution >= 4 is 56.4 Å². The fourth-order valence-corrected chi connectivity index (χ4v) is 5.53. The van der Waals surface area contributed by atoms with Gasteiger partial charge < -0.3 is 8.92 Å². The predicted octanol–water partition coefficient (Wildman–Crippen LogP) is 5.57. The molecule has 1 aliphatic heterocycles. The van der Waals surface area contributed by atoms with Gasteiger partial charge in [0.25, 0.3) is 16.8 Å². The van der Waals surface area contributed by atoms with Crippen molar-refractivity contribution in [1.82, 2.24) is 4.90 Å². The molecule has 4 rings (SSSR count). The summed E-state index contributed by atoms with van der Waals surface area (Å²) in [6.45, 7) is 1.51. The first kappa shape index (κ1) is 27.2. The van der Waals surface area contributed by atoms with Crippen LogP contribution in [-0.4, -0.2) is 36.5 Å². The number of benzene rings is 3. The molecule has 10 nitrogen and oxygen atoms in total. The molecule has 3 aromatic rings. The van der Waals surface area contributed by atoms with E-state index in [-0.39, 0.29) is 28.6 Å². The molecule has 0 unspecified atom stereocenters. The van der Waals surface area contributed by atoms with Crippen LogP contribution < -0.4 is 8.92 Å². The Labute approximate surface area is 227 Å². The normalized spacial score (nSPS) is 14.7. The van der Waals surface area contributed by atoms with Crippen molar-refractivity contribution in [3.63, 3.8) is 0 Å². The second-order valence-electron chi connectivity index (χ2n) is 8.01. The van der Waals surface area contributed by atoms with Crippen LogP contribution in [0.2, 0.25) is 5.02 Å². The molecular weight excluding hydrogens is 556 g/mol. The number of hydrogen-bond acceptors (Lipinski definition) is 9. The number of hydrogen-bond donors (Lipinski definition) is 0. The smallest absolute Gasteiger partial charge is 0.339 e. The van der Waals surface area contributed by atoms with E-state index in [2.05, 4.69) is 0 Å². The Morgan fingerprint density at radius 3 is 2.50 bits per heavy atom. The minimum atomic E-state index is -4.43. The second-order valence-corrected chi connectivity index (χ2v) is 11.0. The lowest BCUT2D eigenvalue weighted by atomic mass is 10.1. The summed E-state index contributed by atoms with van der Waals surface area (Å²) in [4.78, 5) is 36.7. The van der Waals surface area contributed by atoms with E-state index in [9.17, 15) is 28.1 Å². The number of nitro benzene ring substituents is 1. The summed E-state index contributed by atoms with van der Waals surface area (Å²) in [5.74, 6) is -0.637. The quantitative estimate of drug-likeness (QED) is 0.146. The molecule has 0 bridgehead atoms. The zero-order chi connectivity index (χ0) is 27.6. The van der Waals surface area contributed by atoms with E-state index in [0.29, 0.717) is 21.7 Å². The van der Waals surface area contributed by atoms with E-state index in [1.807, 2.05) is 0 Å². The summed E-state index contributed by atoms with van der Waals surface area (Å²) in [7, 11) is -3.13. The third-order valence-electron chi connectivity index (χ3n) is 5.51. The molecule has 1 aliphatic rings. The average molecular weight is 575 g/mol. The number of rotatable bonds is 8. The van der Waals surface area contributed by atoms with Crippen LogP contribution in [0.5, 0.6) is 11.5 Å². The van der Waals surface area contributed by atoms with E-state index in [1.165, 1.54) is 50.4 Å². The lowest BCUT2D eigenvalue weighted by Crippen LogP contribution is -2.27. The van der Waals surface area contributed by atoms with Crippen LogP contribution in [0, 0.1) is 17.0 Å². The van der Waals surface area contributed by atoms with Crippen molar-refractivity contribution in [2.45, 2.75) is 18.4 Å². The molecule has 0 atom stereocenters. The first-order valence-electron chi connectivity index (χ1n) is 10.9. The second kappa shape index (κ2) is 10.9. The molecule has 0 aromatic heterocycles. The molecule has 38 heavy (non-hydrogen) atoms. The number of aryl methyl sites for hydroxylation is 1. The SMILES string of the molecule is COc1cc(/C=C2\SC(=O)N(Cc3ccccc3Cl)C2=O)ccc1OS(=O)(=O)c1ccc(C)c([N+](=O)[O-])c1. The van der Waals surface area contributed by atoms with Crippen molar-refractivity contribution in [3.05, 3.63) is 97.4 Å². The molecule has 1 fully saturated rings. The van der Waals surface area contributed by atoms with Crippen molar-refractivity contribution in [2.75, 3.05) is 7.11 Å². The van der Waals surface area contributed by atoms with Gasteiger partial charge in [-0.25, -0.2) is 0 Å². The maximum absolute atomic E-state index is 12.9. The van der Waals surface area contributed by atoms with E-state index in [0.717, 1.165) is 22.7 Å². The zero-order valence-corrected chi connectivity index (χ0v) is 22.3. The highest BCUT2D eigenvalue weighted by molar-refractivity contribution is 8.18. The number of methoxy groups -OCH3 is 1. The van der Waals surface area contributed by atoms with E-state index >= 15 is 0 Å². The Balaban J connectivity index is 1.57. The van der Waals surface area contributed by atoms with Crippen LogP contribution in [0.15, 0.2) is 70.5 Å². The Morgan fingerprint density at radius 2 is 1.82 bits per heavy atom. The van der Waals surface area contributed by atoms with E-state index in [1.54, 1.807) is 24.3 Å². The lowest BCUT2D eigenvalue weighted by Gasteiger charge is -2.13. The minimum absolute atomic E-state index is 0.0206. The number of halogens is 1. The summed E-state index contributed by atoms with van der Waals surface area (Å²) in [6.07, 6.45) is 1.47. The first-order valence-corrected chi connectivity index (χ1v) is 13.5. The van der Waals surface area contributed by atoms with Crippen LogP contribution in [0.25, 0.3) is 6.08 Å². The summed E-state index contributed by atoms with van der Waals surface area (Å²) in [6, 6.07) is 14.6. The maximum atomic E-state index is 12.9. The standard InChI is InChI=1S/C25H19ClN2O8S2/c1-15-7-9-18(13-20(15)28(31)32)38(33,34)36-21-10-8-16(11-22(21)35-2)12-23-24(29)27(25(30)37-23)14-17-5-3-4-6-19(17)26/h3-13H,14H2,1-2H3/b23-12-. The summed E-state index contributed by atoms with van der Waals surface area (Å²) < 4.78 is 36.1. The Kier molecular flexibility index (Phi) is 7.76. The molecule has 0 saturated carbocycles. The highest BCUT2D eigenvalue weighted by Crippen LogP contribution is 2.37. The summed E-state index contributed by atoms with van der Waals surface area (Å²) in [5, 5.41) is 11.2. The molecular formula is C25H19ClN2O8S2. The van der Waals surface area contributed by atoms with Gasteiger partial charge in [-0.15, -0.1) is 0 Å². The highest BCUT2D eigenvalue weighted by Gasteiger charge is 2.35. The van der Waals surface area contributed by atoms with Crippen LogP contribution in [0.1, 0.15) is 16.7 Å². The van der Waals surface area contributed by atoms with E-state index < -0.39 is 31.1 Å². The van der Waals surface area contributed by atoms with E-state index in [4.69, 9.17) is 20.5 Å². The van der Waals surface area contributed by atoms with Crippen LogP contribution in [0.4, 0.5) is 10.5 Å². The molecule has 196 valence electrons. The fraction of sp³-hybridized carbons (Fsp3) is 0.120. The van der Waals surface area contributed by atoms with Crippen molar-refractivity contribution in [3.8, 4) is 11.5 Å². The third kappa shape index (κ3) is 5.67. The Hall–Kier alpha value is -3.87. The molecule has 1 heterocycles. The lowest BCUT2D eigenvalue weighted by molar-refractivity contribution is -0.385. The third-order valence-corrected chi connectivity index (χ3v) is 8.02. The van der Waals surface area contributed by atoms with Gasteiger partial charge in [-0.05, 0) is 60.2 Å². The topological polar surface area (TPSA) is 133 Å². The van der Waals surface area contributed by atoms with Crippen molar-refractivity contribution in [1.29, 1.82) is 0 Å². The van der Waals surface area contributed by atoms with Crippen LogP contribution in [-0.2, 0) is 21.5 Å². The molecule has 3 aromatic carbocycles. The maximum Gasteiger partial charge on any atom is 0.339 e. The number of carbonyl (C=O) groups is 2. The molecule has 2 amide bonds. The van der Waals surface area contributed by atoms with Gasteiger partial charge in [0.1, 0.15) is 4.90 Å². The van der Waals surface area contributed by atoms with Crippen molar-refractivity contribution in [2.24, 2.45) is 0 Å². The molecule has 1 saturated heterocycles. The number of amides is 2. The van der Waals surface area contributed by atoms with Gasteiger partial charge in [0.2, 0.25) is 0 Å². The average Bonchev–Trinajstić information content (AvgIpc) is 3.13. The number of ether oxygens (including phenoxy) is 1. The van der Waals surface area contributed by atoms with Gasteiger partial charge in [-0.2, -0.15) is 8.42 Å². The Bertz CT molecular complexity index is 1600. The molecule has 0 N–H and O–H groups in total. The summed E-state index contributed by atoms with van der Waals surface area (Å²) in [5.41, 5.74) is 1.01. The molecule has 0 spiro atoms. The largest absolute Gasteiger partial charge is 0.493 e. The van der Waals surface area contributed by atoms with Crippen LogP contribution in [0.3, 0.4) is 0 Å². The highest BCUT2D eigenvalue weighted by atomic mass is 35.5. The first-order chi connectivity index (χ1) is 18.0. The summed E-state index contributed by atoms with van der Waals surface area (Å²) >= 11 is 6.92. The van der Waals surface area contributed by atoms with Crippen LogP contribution >= 0.6 is 23.4 Å². The van der Waals surface area contributed by atoms with Gasteiger partial charge in [0.15, 0.2) is 11.5 Å². The fourth-order valence-electron chi connectivity index (χ4n) is 3.54. The predicted molar refractivity (Wildman–Crippen MR) is 142 cm³/mol. The number of imide groups is 1. The minimum Gasteiger partial charge on any atom is -0.493 e. The van der Waals surface area contributed by atoms with Gasteiger partial charge in [0, 0.05) is 16.7 Å².